The third-order valence-electron chi connectivity index (χ3n) is 3.95. The lowest BCUT2D eigenvalue weighted by atomic mass is 10.1. The molecule has 2 aromatic rings. The maximum absolute atomic E-state index is 13.0. The Hall–Kier alpha value is -2.29. The molecule has 7 nitrogen and oxygen atoms in total. The molecule has 0 N–H and O–H groups in total. The van der Waals surface area contributed by atoms with Gasteiger partial charge < -0.3 is 14.2 Å². The van der Waals surface area contributed by atoms with Crippen LogP contribution in [-0.4, -0.2) is 47.1 Å². The van der Waals surface area contributed by atoms with Crippen molar-refractivity contribution in [1.82, 2.24) is 4.31 Å². The molecule has 2 aromatic carbocycles. The topological polar surface area (TPSA) is 82.1 Å². The Bertz CT molecular complexity index is 923. The van der Waals surface area contributed by atoms with Crippen LogP contribution in [0.3, 0.4) is 0 Å². The van der Waals surface area contributed by atoms with Gasteiger partial charge in [0.05, 0.1) is 37.5 Å². The van der Waals surface area contributed by atoms with Crippen molar-refractivity contribution in [1.29, 1.82) is 0 Å². The predicted molar refractivity (Wildman–Crippen MR) is 101 cm³/mol. The first-order valence-electron chi connectivity index (χ1n) is 7.80. The van der Waals surface area contributed by atoms with Crippen molar-refractivity contribution < 1.29 is 27.4 Å². The third-order valence-corrected chi connectivity index (χ3v) is 6.24. The average Bonchev–Trinajstić information content (AvgIpc) is 2.67. The first-order valence-corrected chi connectivity index (χ1v) is 9.62. The van der Waals surface area contributed by atoms with Crippen LogP contribution in [0.15, 0.2) is 41.3 Å². The highest BCUT2D eigenvalue weighted by molar-refractivity contribution is 7.89. The number of halogens is 1. The number of rotatable bonds is 7. The van der Waals surface area contributed by atoms with E-state index < -0.39 is 16.0 Å². The first-order chi connectivity index (χ1) is 12.8. The number of ether oxygens (including phenoxy) is 3. The van der Waals surface area contributed by atoms with Crippen molar-refractivity contribution in [3.05, 3.63) is 52.5 Å². The summed E-state index contributed by atoms with van der Waals surface area (Å²) < 4.78 is 42.4. The van der Waals surface area contributed by atoms with Gasteiger partial charge in [0.15, 0.2) is 0 Å². The first kappa shape index (κ1) is 21.0. The molecule has 2 rings (SSSR count). The summed E-state index contributed by atoms with van der Waals surface area (Å²) in [7, 11) is 1.60. The fraction of sp³-hybridized carbons (Fsp3) is 0.278. The summed E-state index contributed by atoms with van der Waals surface area (Å²) in [6.07, 6.45) is 0. The van der Waals surface area contributed by atoms with E-state index in [9.17, 15) is 13.2 Å². The summed E-state index contributed by atoms with van der Waals surface area (Å²) in [6, 6.07) is 9.10. The van der Waals surface area contributed by atoms with Crippen molar-refractivity contribution in [2.75, 3.05) is 28.4 Å². The molecule has 0 amide bonds. The zero-order chi connectivity index (χ0) is 20.2. The molecular weight excluding hydrogens is 394 g/mol. The van der Waals surface area contributed by atoms with Crippen LogP contribution in [-0.2, 0) is 21.3 Å². The highest BCUT2D eigenvalue weighted by atomic mass is 35.5. The number of carbonyl (C=O) groups excluding carboxylic acids is 1. The zero-order valence-electron chi connectivity index (χ0n) is 15.4. The number of nitrogens with zero attached hydrogens (tertiary/aromatic N) is 1. The van der Waals surface area contributed by atoms with Crippen LogP contribution < -0.4 is 9.47 Å². The Morgan fingerprint density at radius 1 is 1.07 bits per heavy atom. The standard InChI is InChI=1S/C18H20ClNO6S/c1-20(11-13-15(24-2)6-5-7-16(13)25-3)27(22,23)17-10-12(18(21)26-4)8-9-14(17)19/h5-10H,11H2,1-4H3. The fourth-order valence-corrected chi connectivity index (χ4v) is 4.14. The molecule has 0 unspecified atom stereocenters. The van der Waals surface area contributed by atoms with E-state index in [0.29, 0.717) is 17.1 Å². The van der Waals surface area contributed by atoms with Gasteiger partial charge in [-0.05, 0) is 30.3 Å². The monoisotopic (exact) mass is 413 g/mol. The number of hydrogen-bond acceptors (Lipinski definition) is 6. The number of sulfonamides is 1. The molecule has 0 aliphatic carbocycles. The van der Waals surface area contributed by atoms with Gasteiger partial charge in [-0.2, -0.15) is 4.31 Å². The van der Waals surface area contributed by atoms with Crippen molar-refractivity contribution in [3.8, 4) is 11.5 Å². The summed E-state index contributed by atoms with van der Waals surface area (Å²) in [5.74, 6) is 0.328. The summed E-state index contributed by atoms with van der Waals surface area (Å²) in [4.78, 5) is 11.5. The van der Waals surface area contributed by atoms with Gasteiger partial charge in [-0.15, -0.1) is 0 Å². The second-order valence-electron chi connectivity index (χ2n) is 5.54. The van der Waals surface area contributed by atoms with Gasteiger partial charge in [-0.1, -0.05) is 17.7 Å². The minimum Gasteiger partial charge on any atom is -0.496 e. The molecule has 0 aliphatic rings. The molecular formula is C18H20ClNO6S. The highest BCUT2D eigenvalue weighted by Gasteiger charge is 2.27. The molecule has 0 atom stereocenters. The predicted octanol–water partition coefficient (Wildman–Crippen LogP) is 2.96. The summed E-state index contributed by atoms with van der Waals surface area (Å²) in [6.45, 7) is -0.0195. The number of methoxy groups -OCH3 is 3. The summed E-state index contributed by atoms with van der Waals surface area (Å²) >= 11 is 6.09. The SMILES string of the molecule is COC(=O)c1ccc(Cl)c(S(=O)(=O)N(C)Cc2c(OC)cccc2OC)c1. The second-order valence-corrected chi connectivity index (χ2v) is 7.96. The minimum absolute atomic E-state index is 0.00138. The van der Waals surface area contributed by atoms with Crippen LogP contribution in [0.2, 0.25) is 5.02 Å². The molecule has 0 fully saturated rings. The molecule has 0 bridgehead atoms. The Labute approximate surface area is 163 Å². The maximum Gasteiger partial charge on any atom is 0.337 e. The molecule has 0 heterocycles. The van der Waals surface area contributed by atoms with E-state index in [1.807, 2.05) is 0 Å². The number of hydrogen-bond donors (Lipinski definition) is 0. The van der Waals surface area contributed by atoms with Crippen LogP contribution in [0.1, 0.15) is 15.9 Å². The quantitative estimate of drug-likeness (QED) is 0.649. The van der Waals surface area contributed by atoms with Gasteiger partial charge in [0.2, 0.25) is 10.0 Å². The van der Waals surface area contributed by atoms with Crippen LogP contribution in [0.4, 0.5) is 0 Å². The van der Waals surface area contributed by atoms with Crippen LogP contribution in [0.25, 0.3) is 0 Å². The van der Waals surface area contributed by atoms with Gasteiger partial charge in [-0.3, -0.25) is 0 Å². The summed E-state index contributed by atoms with van der Waals surface area (Å²) in [5.41, 5.74) is 0.651. The molecule has 0 radical (unpaired) electrons. The van der Waals surface area contributed by atoms with Crippen molar-refractivity contribution in [2.45, 2.75) is 11.4 Å². The Balaban J connectivity index is 2.45. The lowest BCUT2D eigenvalue weighted by Crippen LogP contribution is -2.27. The smallest absolute Gasteiger partial charge is 0.337 e. The van der Waals surface area contributed by atoms with Crippen molar-refractivity contribution >= 4 is 27.6 Å². The average molecular weight is 414 g/mol. The van der Waals surface area contributed by atoms with Crippen molar-refractivity contribution in [3.63, 3.8) is 0 Å². The van der Waals surface area contributed by atoms with E-state index in [0.717, 1.165) is 4.31 Å². The van der Waals surface area contributed by atoms with Crippen molar-refractivity contribution in [2.24, 2.45) is 0 Å². The van der Waals surface area contributed by atoms with Gasteiger partial charge in [0.25, 0.3) is 0 Å². The van der Waals surface area contributed by atoms with E-state index >= 15 is 0 Å². The molecule has 27 heavy (non-hydrogen) atoms. The number of esters is 1. The van der Waals surface area contributed by atoms with Gasteiger partial charge in [0.1, 0.15) is 16.4 Å². The van der Waals surface area contributed by atoms with Gasteiger partial charge >= 0.3 is 5.97 Å². The van der Waals surface area contributed by atoms with E-state index in [1.54, 1.807) is 18.2 Å². The summed E-state index contributed by atoms with van der Waals surface area (Å²) in [5, 5.41) is 0.00138. The molecule has 0 saturated heterocycles. The van der Waals surface area contributed by atoms with E-state index in [2.05, 4.69) is 4.74 Å². The Morgan fingerprint density at radius 2 is 1.67 bits per heavy atom. The van der Waals surface area contributed by atoms with Crippen LogP contribution in [0.5, 0.6) is 11.5 Å². The fourth-order valence-electron chi connectivity index (χ4n) is 2.51. The number of benzene rings is 2. The van der Waals surface area contributed by atoms with Crippen LogP contribution in [0, 0.1) is 0 Å². The third kappa shape index (κ3) is 4.35. The largest absolute Gasteiger partial charge is 0.496 e. The van der Waals surface area contributed by atoms with Crippen LogP contribution >= 0.6 is 11.6 Å². The lowest BCUT2D eigenvalue weighted by Gasteiger charge is -2.21. The Morgan fingerprint density at radius 3 is 2.19 bits per heavy atom. The molecule has 0 aromatic heterocycles. The zero-order valence-corrected chi connectivity index (χ0v) is 16.9. The Kier molecular flexibility index (Phi) is 6.69. The van der Waals surface area contributed by atoms with E-state index in [4.69, 9.17) is 21.1 Å². The molecule has 0 aliphatic heterocycles. The highest BCUT2D eigenvalue weighted by Crippen LogP contribution is 2.32. The van der Waals surface area contributed by atoms with Gasteiger partial charge in [-0.25, -0.2) is 13.2 Å². The minimum atomic E-state index is -4.00. The molecule has 0 saturated carbocycles. The number of carbonyl (C=O) groups is 1. The molecule has 146 valence electrons. The molecule has 9 heteroatoms. The van der Waals surface area contributed by atoms with Gasteiger partial charge in [0, 0.05) is 13.6 Å². The lowest BCUT2D eigenvalue weighted by molar-refractivity contribution is 0.0600. The van der Waals surface area contributed by atoms with E-state index in [-0.39, 0.29) is 22.0 Å². The normalized spacial score (nSPS) is 11.3. The van der Waals surface area contributed by atoms with E-state index in [1.165, 1.54) is 46.6 Å². The molecule has 0 spiro atoms. The maximum atomic E-state index is 13.0. The second kappa shape index (κ2) is 8.60.